The SMILES string of the molecule is CN(C)c1ccc(C(=O)NC2CCCCC2CN)cc1. The average molecular weight is 275 g/mol. The number of nitrogens with zero attached hydrogens (tertiary/aromatic N) is 1. The van der Waals surface area contributed by atoms with Crippen LogP contribution in [0.4, 0.5) is 5.69 Å². The minimum atomic E-state index is 0.0145. The first kappa shape index (κ1) is 14.9. The summed E-state index contributed by atoms with van der Waals surface area (Å²) in [5.41, 5.74) is 7.62. The Morgan fingerprint density at radius 3 is 2.50 bits per heavy atom. The lowest BCUT2D eigenvalue weighted by atomic mass is 9.84. The molecule has 1 aromatic carbocycles. The molecule has 0 radical (unpaired) electrons. The van der Waals surface area contributed by atoms with Crippen LogP contribution in [0.15, 0.2) is 24.3 Å². The number of carbonyl (C=O) groups excluding carboxylic acids is 1. The predicted molar refractivity (Wildman–Crippen MR) is 83.0 cm³/mol. The number of benzene rings is 1. The first-order valence-electron chi connectivity index (χ1n) is 7.40. The number of carbonyl (C=O) groups is 1. The van der Waals surface area contributed by atoms with Crippen LogP contribution in [-0.4, -0.2) is 32.6 Å². The van der Waals surface area contributed by atoms with Gasteiger partial charge in [-0.25, -0.2) is 0 Å². The summed E-state index contributed by atoms with van der Waals surface area (Å²) in [6.45, 7) is 0.657. The molecule has 0 spiro atoms. The van der Waals surface area contributed by atoms with Gasteiger partial charge in [-0.2, -0.15) is 0 Å². The summed E-state index contributed by atoms with van der Waals surface area (Å²) in [5, 5.41) is 3.15. The minimum absolute atomic E-state index is 0.0145. The Balaban J connectivity index is 2.00. The molecular weight excluding hydrogens is 250 g/mol. The number of hydrogen-bond donors (Lipinski definition) is 2. The highest BCUT2D eigenvalue weighted by molar-refractivity contribution is 5.94. The van der Waals surface area contributed by atoms with Crippen molar-refractivity contribution in [3.05, 3.63) is 29.8 Å². The third kappa shape index (κ3) is 3.51. The van der Waals surface area contributed by atoms with Crippen LogP contribution < -0.4 is 16.0 Å². The lowest BCUT2D eigenvalue weighted by molar-refractivity contribution is 0.0908. The third-order valence-electron chi connectivity index (χ3n) is 4.17. The molecule has 4 heteroatoms. The van der Waals surface area contributed by atoms with E-state index in [0.717, 1.165) is 24.1 Å². The van der Waals surface area contributed by atoms with Crippen LogP contribution in [0, 0.1) is 5.92 Å². The van der Waals surface area contributed by atoms with Crippen molar-refractivity contribution in [2.45, 2.75) is 31.7 Å². The van der Waals surface area contributed by atoms with Gasteiger partial charge in [0.25, 0.3) is 5.91 Å². The van der Waals surface area contributed by atoms with Gasteiger partial charge < -0.3 is 16.0 Å². The molecule has 4 nitrogen and oxygen atoms in total. The van der Waals surface area contributed by atoms with Gasteiger partial charge in [0.2, 0.25) is 0 Å². The zero-order chi connectivity index (χ0) is 14.5. The van der Waals surface area contributed by atoms with Gasteiger partial charge in [-0.3, -0.25) is 4.79 Å². The average Bonchev–Trinajstić information content (AvgIpc) is 2.48. The number of rotatable bonds is 4. The molecular formula is C16H25N3O. The van der Waals surface area contributed by atoms with Crippen LogP contribution in [0.1, 0.15) is 36.0 Å². The number of anilines is 1. The normalized spacial score (nSPS) is 22.4. The van der Waals surface area contributed by atoms with Gasteiger partial charge in [0.05, 0.1) is 0 Å². The zero-order valence-corrected chi connectivity index (χ0v) is 12.4. The lowest BCUT2D eigenvalue weighted by Gasteiger charge is -2.31. The van der Waals surface area contributed by atoms with Crippen molar-refractivity contribution in [1.29, 1.82) is 0 Å². The van der Waals surface area contributed by atoms with Crippen LogP contribution in [0.5, 0.6) is 0 Å². The third-order valence-corrected chi connectivity index (χ3v) is 4.17. The van der Waals surface area contributed by atoms with E-state index >= 15 is 0 Å². The number of nitrogens with two attached hydrogens (primary N) is 1. The van der Waals surface area contributed by atoms with Gasteiger partial charge in [-0.15, -0.1) is 0 Å². The van der Waals surface area contributed by atoms with Gasteiger partial charge in [-0.1, -0.05) is 12.8 Å². The number of amides is 1. The first-order valence-corrected chi connectivity index (χ1v) is 7.40. The van der Waals surface area contributed by atoms with E-state index in [9.17, 15) is 4.79 Å². The number of nitrogens with one attached hydrogen (secondary N) is 1. The topological polar surface area (TPSA) is 58.4 Å². The molecule has 2 rings (SSSR count). The van der Waals surface area contributed by atoms with Crippen molar-refractivity contribution >= 4 is 11.6 Å². The molecule has 2 unspecified atom stereocenters. The Kier molecular flexibility index (Phi) is 5.01. The lowest BCUT2D eigenvalue weighted by Crippen LogP contribution is -2.44. The van der Waals surface area contributed by atoms with E-state index in [1.807, 2.05) is 43.3 Å². The highest BCUT2D eigenvalue weighted by atomic mass is 16.1. The van der Waals surface area contributed by atoms with Crippen LogP contribution in [0.25, 0.3) is 0 Å². The molecule has 1 aliphatic rings. The van der Waals surface area contributed by atoms with Crippen molar-refractivity contribution in [3.63, 3.8) is 0 Å². The predicted octanol–water partition coefficient (Wildman–Crippen LogP) is 2.00. The van der Waals surface area contributed by atoms with E-state index in [-0.39, 0.29) is 11.9 Å². The molecule has 1 amide bonds. The Morgan fingerprint density at radius 1 is 1.25 bits per heavy atom. The second-order valence-electron chi connectivity index (χ2n) is 5.80. The molecule has 0 aliphatic heterocycles. The summed E-state index contributed by atoms with van der Waals surface area (Å²) >= 11 is 0. The zero-order valence-electron chi connectivity index (χ0n) is 12.4. The van der Waals surface area contributed by atoms with Crippen LogP contribution in [0.3, 0.4) is 0 Å². The highest BCUT2D eigenvalue weighted by Gasteiger charge is 2.25. The van der Waals surface area contributed by atoms with Crippen LogP contribution in [0.2, 0.25) is 0 Å². The van der Waals surface area contributed by atoms with Gasteiger partial charge in [0.1, 0.15) is 0 Å². The Bertz CT molecular complexity index is 442. The fourth-order valence-corrected chi connectivity index (χ4v) is 2.84. The van der Waals surface area contributed by atoms with E-state index in [4.69, 9.17) is 5.73 Å². The monoisotopic (exact) mass is 275 g/mol. The fourth-order valence-electron chi connectivity index (χ4n) is 2.84. The highest BCUT2D eigenvalue weighted by Crippen LogP contribution is 2.24. The molecule has 1 saturated carbocycles. The maximum absolute atomic E-state index is 12.3. The summed E-state index contributed by atoms with van der Waals surface area (Å²) in [6.07, 6.45) is 4.58. The Hall–Kier alpha value is -1.55. The minimum Gasteiger partial charge on any atom is -0.378 e. The molecule has 0 aromatic heterocycles. The molecule has 110 valence electrons. The smallest absolute Gasteiger partial charge is 0.251 e. The molecule has 0 heterocycles. The van der Waals surface area contributed by atoms with Crippen molar-refractivity contribution in [3.8, 4) is 0 Å². The van der Waals surface area contributed by atoms with Crippen LogP contribution in [-0.2, 0) is 0 Å². The molecule has 20 heavy (non-hydrogen) atoms. The molecule has 0 bridgehead atoms. The van der Waals surface area contributed by atoms with Gasteiger partial charge in [-0.05, 0) is 49.6 Å². The number of hydrogen-bond acceptors (Lipinski definition) is 3. The summed E-state index contributed by atoms with van der Waals surface area (Å²) < 4.78 is 0. The van der Waals surface area contributed by atoms with E-state index in [1.165, 1.54) is 12.8 Å². The summed E-state index contributed by atoms with van der Waals surface area (Å²) in [6, 6.07) is 7.93. The van der Waals surface area contributed by atoms with Gasteiger partial charge in [0.15, 0.2) is 0 Å². The molecule has 1 aliphatic carbocycles. The largest absolute Gasteiger partial charge is 0.378 e. The van der Waals surface area contributed by atoms with Crippen molar-refractivity contribution in [1.82, 2.24) is 5.32 Å². The molecule has 3 N–H and O–H groups in total. The van der Waals surface area contributed by atoms with E-state index in [2.05, 4.69) is 5.32 Å². The summed E-state index contributed by atoms with van der Waals surface area (Å²) in [5.74, 6) is 0.439. The molecule has 0 saturated heterocycles. The summed E-state index contributed by atoms with van der Waals surface area (Å²) in [7, 11) is 3.98. The second-order valence-corrected chi connectivity index (χ2v) is 5.80. The van der Waals surface area contributed by atoms with Crippen molar-refractivity contribution < 1.29 is 4.79 Å². The second kappa shape index (κ2) is 6.75. The molecule has 1 fully saturated rings. The molecule has 2 atom stereocenters. The van der Waals surface area contributed by atoms with E-state index in [1.54, 1.807) is 0 Å². The van der Waals surface area contributed by atoms with E-state index in [0.29, 0.717) is 12.5 Å². The van der Waals surface area contributed by atoms with Crippen molar-refractivity contribution in [2.75, 3.05) is 25.5 Å². The first-order chi connectivity index (χ1) is 9.61. The summed E-state index contributed by atoms with van der Waals surface area (Å²) in [4.78, 5) is 14.3. The Labute approximate surface area is 121 Å². The maximum atomic E-state index is 12.3. The quantitative estimate of drug-likeness (QED) is 0.883. The Morgan fingerprint density at radius 2 is 1.90 bits per heavy atom. The van der Waals surface area contributed by atoms with Crippen molar-refractivity contribution in [2.24, 2.45) is 11.7 Å². The van der Waals surface area contributed by atoms with E-state index < -0.39 is 0 Å². The maximum Gasteiger partial charge on any atom is 0.251 e. The van der Waals surface area contributed by atoms with Gasteiger partial charge in [0, 0.05) is 31.4 Å². The van der Waals surface area contributed by atoms with Gasteiger partial charge >= 0.3 is 0 Å². The van der Waals surface area contributed by atoms with Crippen LogP contribution >= 0.6 is 0 Å². The molecule has 1 aromatic rings. The fraction of sp³-hybridized carbons (Fsp3) is 0.562. The standard InChI is InChI=1S/C16H25N3O/c1-19(2)14-9-7-12(8-10-14)16(20)18-15-6-4-3-5-13(15)11-17/h7-10,13,15H,3-6,11,17H2,1-2H3,(H,18,20).